The van der Waals surface area contributed by atoms with Crippen molar-refractivity contribution in [3.05, 3.63) is 36.5 Å². The van der Waals surface area contributed by atoms with Gasteiger partial charge in [-0.15, -0.1) is 0 Å². The van der Waals surface area contributed by atoms with Gasteiger partial charge >= 0.3 is 0 Å². The van der Waals surface area contributed by atoms with Crippen LogP contribution in [0.4, 0.5) is 0 Å². The number of aliphatic hydroxyl groups excluding tert-OH is 1. The first kappa shape index (κ1) is 22.1. The number of carbonyl (C=O) groups is 1. The average Bonchev–Trinajstić information content (AvgIpc) is 3.45. The predicted molar refractivity (Wildman–Crippen MR) is 111 cm³/mol. The minimum atomic E-state index is -0.542. The van der Waals surface area contributed by atoms with Crippen molar-refractivity contribution in [1.29, 1.82) is 0 Å². The minimum Gasteiger partial charge on any atom is -0.396 e. The van der Waals surface area contributed by atoms with E-state index in [1.54, 1.807) is 6.08 Å². The van der Waals surface area contributed by atoms with Crippen LogP contribution in [0.3, 0.4) is 0 Å². The van der Waals surface area contributed by atoms with Crippen molar-refractivity contribution in [2.24, 2.45) is 17.8 Å². The molecule has 0 saturated heterocycles. The lowest BCUT2D eigenvalue weighted by Crippen LogP contribution is -2.30. The zero-order valence-electron chi connectivity index (χ0n) is 17.0. The fraction of sp³-hybridized carbons (Fsp3) is 0.708. The van der Waals surface area contributed by atoms with E-state index < -0.39 is 5.60 Å². The van der Waals surface area contributed by atoms with Crippen LogP contribution in [-0.2, 0) is 4.79 Å². The largest absolute Gasteiger partial charge is 0.396 e. The molecule has 3 heteroatoms. The summed E-state index contributed by atoms with van der Waals surface area (Å²) in [5.74, 6) is 0.839. The Bertz CT molecular complexity index is 530. The number of hydrogen-bond donors (Lipinski definition) is 2. The van der Waals surface area contributed by atoms with E-state index in [9.17, 15) is 9.90 Å². The highest BCUT2D eigenvalue weighted by atomic mass is 16.3. The summed E-state index contributed by atoms with van der Waals surface area (Å²) in [6, 6.07) is 0. The maximum absolute atomic E-state index is 12.2. The fourth-order valence-electron chi connectivity index (χ4n) is 4.06. The van der Waals surface area contributed by atoms with E-state index in [1.807, 2.05) is 6.08 Å². The third-order valence-corrected chi connectivity index (χ3v) is 6.03. The highest BCUT2D eigenvalue weighted by Gasteiger charge is 2.42. The Balaban J connectivity index is 1.82. The Morgan fingerprint density at radius 2 is 1.96 bits per heavy atom. The molecule has 3 nitrogen and oxygen atoms in total. The van der Waals surface area contributed by atoms with E-state index in [0.717, 1.165) is 51.4 Å². The molecule has 0 aromatic carbocycles. The molecule has 27 heavy (non-hydrogen) atoms. The maximum Gasteiger partial charge on any atom is 0.159 e. The van der Waals surface area contributed by atoms with Gasteiger partial charge in [0.05, 0.1) is 5.60 Å². The first-order valence-electron chi connectivity index (χ1n) is 11.0. The Morgan fingerprint density at radius 1 is 1.15 bits per heavy atom. The highest BCUT2D eigenvalue weighted by Crippen LogP contribution is 2.44. The van der Waals surface area contributed by atoms with Crippen LogP contribution in [-0.4, -0.2) is 28.2 Å². The summed E-state index contributed by atoms with van der Waals surface area (Å²) in [6.45, 7) is 2.44. The predicted octanol–water partition coefficient (Wildman–Crippen LogP) is 5.13. The molecule has 2 rings (SSSR count). The molecular weight excluding hydrogens is 336 g/mol. The van der Waals surface area contributed by atoms with Gasteiger partial charge in [0.2, 0.25) is 0 Å². The van der Waals surface area contributed by atoms with Gasteiger partial charge in [0.15, 0.2) is 5.78 Å². The van der Waals surface area contributed by atoms with Gasteiger partial charge in [-0.3, -0.25) is 4.79 Å². The quantitative estimate of drug-likeness (QED) is 0.327. The molecule has 0 radical (unpaired) electrons. The number of rotatable bonds is 14. The first-order chi connectivity index (χ1) is 13.1. The van der Waals surface area contributed by atoms with Crippen LogP contribution < -0.4 is 0 Å². The topological polar surface area (TPSA) is 57.5 Å². The molecule has 0 aromatic rings. The molecule has 2 N–H and O–H groups in total. The second kappa shape index (κ2) is 11.6. The number of allylic oxidation sites excluding steroid dienone is 5. The summed E-state index contributed by atoms with van der Waals surface area (Å²) in [5.41, 5.74) is -0.542. The van der Waals surface area contributed by atoms with Crippen LogP contribution in [0.5, 0.6) is 0 Å². The van der Waals surface area contributed by atoms with E-state index in [2.05, 4.69) is 31.2 Å². The van der Waals surface area contributed by atoms with E-state index in [1.165, 1.54) is 12.8 Å². The van der Waals surface area contributed by atoms with Gasteiger partial charge in [-0.2, -0.15) is 0 Å². The van der Waals surface area contributed by atoms with E-state index in [0.29, 0.717) is 12.3 Å². The third kappa shape index (κ3) is 7.38. The van der Waals surface area contributed by atoms with Crippen molar-refractivity contribution >= 4 is 5.78 Å². The van der Waals surface area contributed by atoms with Crippen LogP contribution in [0.2, 0.25) is 0 Å². The molecule has 0 aliphatic heterocycles. The number of hydrogen-bond acceptors (Lipinski definition) is 3. The standard InChI is InChI=1S/C24H38O3/c1-2-3-8-17-24(27,21-14-15-21)18-10-11-20-13-16-23(26)22(20)12-7-5-4-6-9-19-25/h5,7,10-11,13,16,20-22,25,27H,2-4,6,8-9,12,14-15,17-19H2,1H3/t20-,22+,24?/m0/s1. The van der Waals surface area contributed by atoms with Crippen LogP contribution >= 0.6 is 0 Å². The van der Waals surface area contributed by atoms with Crippen LogP contribution in [0.25, 0.3) is 0 Å². The Hall–Kier alpha value is -1.19. The van der Waals surface area contributed by atoms with Crippen molar-refractivity contribution < 1.29 is 15.0 Å². The van der Waals surface area contributed by atoms with Crippen molar-refractivity contribution in [3.8, 4) is 0 Å². The minimum absolute atomic E-state index is 0.00412. The molecule has 0 bridgehead atoms. The molecule has 3 atom stereocenters. The molecule has 1 fully saturated rings. The van der Waals surface area contributed by atoms with Crippen LogP contribution in [0.15, 0.2) is 36.5 Å². The summed E-state index contributed by atoms with van der Waals surface area (Å²) < 4.78 is 0. The average molecular weight is 375 g/mol. The van der Waals surface area contributed by atoms with E-state index in [-0.39, 0.29) is 24.2 Å². The number of ketones is 1. The summed E-state index contributed by atoms with van der Waals surface area (Å²) in [5, 5.41) is 19.8. The smallest absolute Gasteiger partial charge is 0.159 e. The second-order valence-electron chi connectivity index (χ2n) is 8.34. The molecule has 2 aliphatic rings. The van der Waals surface area contributed by atoms with Gasteiger partial charge in [-0.1, -0.05) is 56.6 Å². The van der Waals surface area contributed by atoms with Gasteiger partial charge in [-0.05, 0) is 63.4 Å². The number of unbranched alkanes of at least 4 members (excludes halogenated alkanes) is 4. The maximum atomic E-state index is 12.2. The van der Waals surface area contributed by atoms with Crippen molar-refractivity contribution in [2.45, 2.75) is 83.2 Å². The highest BCUT2D eigenvalue weighted by molar-refractivity contribution is 5.95. The monoisotopic (exact) mass is 374 g/mol. The van der Waals surface area contributed by atoms with Gasteiger partial charge in [-0.25, -0.2) is 0 Å². The fourth-order valence-corrected chi connectivity index (χ4v) is 4.06. The zero-order chi connectivity index (χ0) is 19.5. The van der Waals surface area contributed by atoms with Crippen LogP contribution in [0.1, 0.15) is 77.6 Å². The van der Waals surface area contributed by atoms with Gasteiger partial charge in [0.1, 0.15) is 0 Å². The molecule has 0 amide bonds. The van der Waals surface area contributed by atoms with Crippen molar-refractivity contribution in [3.63, 3.8) is 0 Å². The van der Waals surface area contributed by atoms with Gasteiger partial charge < -0.3 is 10.2 Å². The van der Waals surface area contributed by atoms with Crippen molar-refractivity contribution in [1.82, 2.24) is 0 Å². The second-order valence-corrected chi connectivity index (χ2v) is 8.34. The summed E-state index contributed by atoms with van der Waals surface area (Å²) in [7, 11) is 0. The lowest BCUT2D eigenvalue weighted by atomic mass is 9.86. The lowest BCUT2D eigenvalue weighted by molar-refractivity contribution is -0.117. The van der Waals surface area contributed by atoms with Gasteiger partial charge in [0, 0.05) is 18.4 Å². The molecule has 0 aromatic heterocycles. The van der Waals surface area contributed by atoms with Gasteiger partial charge in [0.25, 0.3) is 0 Å². The summed E-state index contributed by atoms with van der Waals surface area (Å²) in [6.07, 6.45) is 23.2. The lowest BCUT2D eigenvalue weighted by Gasteiger charge is -2.27. The molecular formula is C24H38O3. The molecule has 1 unspecified atom stereocenters. The Morgan fingerprint density at radius 3 is 2.67 bits per heavy atom. The van der Waals surface area contributed by atoms with Crippen LogP contribution in [0, 0.1) is 17.8 Å². The molecule has 2 aliphatic carbocycles. The number of carbonyl (C=O) groups excluding carboxylic acids is 1. The molecule has 0 spiro atoms. The zero-order valence-corrected chi connectivity index (χ0v) is 17.0. The molecule has 1 saturated carbocycles. The normalized spacial score (nSPS) is 25.1. The summed E-state index contributed by atoms with van der Waals surface area (Å²) >= 11 is 0. The van der Waals surface area contributed by atoms with Crippen molar-refractivity contribution in [2.75, 3.05) is 6.61 Å². The SMILES string of the molecule is CCCCCC(O)(CC=C[C@H]1C=CC(=O)[C@@H]1CC=CCCCCO)C1CC1. The Kier molecular flexibility index (Phi) is 9.50. The Labute approximate surface area is 165 Å². The number of aliphatic hydroxyl groups is 2. The molecule has 0 heterocycles. The summed E-state index contributed by atoms with van der Waals surface area (Å²) in [4.78, 5) is 12.2. The first-order valence-corrected chi connectivity index (χ1v) is 11.0. The van der Waals surface area contributed by atoms with E-state index in [4.69, 9.17) is 5.11 Å². The van der Waals surface area contributed by atoms with E-state index >= 15 is 0 Å². The molecule has 152 valence electrons. The third-order valence-electron chi connectivity index (χ3n) is 6.03.